The highest BCUT2D eigenvalue weighted by atomic mass is 16.2. The van der Waals surface area contributed by atoms with E-state index in [-0.39, 0.29) is 5.91 Å². The molecule has 0 radical (unpaired) electrons. The van der Waals surface area contributed by atoms with Gasteiger partial charge in [0, 0.05) is 51.2 Å². The lowest BCUT2D eigenvalue weighted by molar-refractivity contribution is -0.118. The fourth-order valence-corrected chi connectivity index (χ4v) is 2.66. The predicted octanol–water partition coefficient (Wildman–Crippen LogP) is 0.388. The van der Waals surface area contributed by atoms with Gasteiger partial charge in [-0.15, -0.1) is 0 Å². The van der Waals surface area contributed by atoms with Crippen LogP contribution >= 0.6 is 0 Å². The second-order valence-corrected chi connectivity index (χ2v) is 5.83. The molecule has 0 saturated carbocycles. The molecule has 3 heterocycles. The molecule has 3 rings (SSSR count). The molecule has 0 unspecified atom stereocenters. The van der Waals surface area contributed by atoms with E-state index >= 15 is 0 Å². The molecule has 2 amide bonds. The standard InChI is InChI=1S/C17H20N6O2/c1-13-20-15(17(25)19-11-14-3-2-4-18-10-14)9-16(21-13)23-7-5-22(12-24)6-8-23/h2-4,9-10,12H,5-8,11H2,1H3,(H,19,25). The van der Waals surface area contributed by atoms with Crippen molar-refractivity contribution in [3.8, 4) is 0 Å². The Morgan fingerprint density at radius 2 is 2.08 bits per heavy atom. The van der Waals surface area contributed by atoms with Crippen molar-refractivity contribution in [3.63, 3.8) is 0 Å². The molecule has 1 aliphatic heterocycles. The third-order valence-corrected chi connectivity index (χ3v) is 4.02. The van der Waals surface area contributed by atoms with Gasteiger partial charge in [-0.2, -0.15) is 0 Å². The highest BCUT2D eigenvalue weighted by molar-refractivity contribution is 5.92. The molecule has 130 valence electrons. The Morgan fingerprint density at radius 1 is 1.28 bits per heavy atom. The molecule has 2 aromatic rings. The topological polar surface area (TPSA) is 91.3 Å². The van der Waals surface area contributed by atoms with Crippen LogP contribution < -0.4 is 10.2 Å². The number of nitrogens with one attached hydrogen (secondary N) is 1. The van der Waals surface area contributed by atoms with E-state index in [0.717, 1.165) is 12.0 Å². The first-order valence-corrected chi connectivity index (χ1v) is 8.13. The van der Waals surface area contributed by atoms with Crippen LogP contribution in [0.25, 0.3) is 0 Å². The lowest BCUT2D eigenvalue weighted by atomic mass is 10.2. The molecule has 25 heavy (non-hydrogen) atoms. The molecule has 0 aliphatic carbocycles. The van der Waals surface area contributed by atoms with Crippen LogP contribution in [0, 0.1) is 6.92 Å². The largest absolute Gasteiger partial charge is 0.353 e. The van der Waals surface area contributed by atoms with Crippen molar-refractivity contribution in [2.24, 2.45) is 0 Å². The van der Waals surface area contributed by atoms with Gasteiger partial charge in [0.15, 0.2) is 0 Å². The Hall–Kier alpha value is -3.03. The number of hydrogen-bond donors (Lipinski definition) is 1. The van der Waals surface area contributed by atoms with E-state index in [9.17, 15) is 9.59 Å². The van der Waals surface area contributed by atoms with E-state index < -0.39 is 0 Å². The fraction of sp³-hybridized carbons (Fsp3) is 0.353. The second kappa shape index (κ2) is 7.69. The molecular weight excluding hydrogens is 320 g/mol. The summed E-state index contributed by atoms with van der Waals surface area (Å²) >= 11 is 0. The highest BCUT2D eigenvalue weighted by Crippen LogP contribution is 2.15. The molecule has 1 fully saturated rings. The summed E-state index contributed by atoms with van der Waals surface area (Å²) in [4.78, 5) is 39.7. The van der Waals surface area contributed by atoms with E-state index in [1.54, 1.807) is 30.3 Å². The number of aryl methyl sites for hydroxylation is 1. The zero-order valence-electron chi connectivity index (χ0n) is 14.1. The summed E-state index contributed by atoms with van der Waals surface area (Å²) in [6.45, 7) is 4.83. The van der Waals surface area contributed by atoms with Crippen LogP contribution in [0.4, 0.5) is 5.82 Å². The Morgan fingerprint density at radius 3 is 2.76 bits per heavy atom. The second-order valence-electron chi connectivity index (χ2n) is 5.83. The minimum absolute atomic E-state index is 0.248. The number of carbonyl (C=O) groups is 2. The van der Waals surface area contributed by atoms with Crippen molar-refractivity contribution in [2.75, 3.05) is 31.1 Å². The van der Waals surface area contributed by atoms with Gasteiger partial charge in [0.25, 0.3) is 5.91 Å². The summed E-state index contributed by atoms with van der Waals surface area (Å²) in [6, 6.07) is 5.42. The number of amides is 2. The van der Waals surface area contributed by atoms with Crippen LogP contribution in [0.5, 0.6) is 0 Å². The van der Waals surface area contributed by atoms with Gasteiger partial charge in [-0.25, -0.2) is 9.97 Å². The highest BCUT2D eigenvalue weighted by Gasteiger charge is 2.19. The molecule has 0 aromatic carbocycles. The molecule has 8 nitrogen and oxygen atoms in total. The molecule has 2 aromatic heterocycles. The Bertz CT molecular complexity index is 744. The fourth-order valence-electron chi connectivity index (χ4n) is 2.66. The lowest BCUT2D eigenvalue weighted by Crippen LogP contribution is -2.46. The zero-order chi connectivity index (χ0) is 17.6. The summed E-state index contributed by atoms with van der Waals surface area (Å²) < 4.78 is 0. The molecule has 0 spiro atoms. The maximum absolute atomic E-state index is 12.4. The summed E-state index contributed by atoms with van der Waals surface area (Å²) in [5.74, 6) is 1.01. The number of hydrogen-bond acceptors (Lipinski definition) is 6. The average molecular weight is 340 g/mol. The number of rotatable bonds is 5. The Labute approximate surface area is 145 Å². The van der Waals surface area contributed by atoms with Gasteiger partial charge in [0.2, 0.25) is 6.41 Å². The average Bonchev–Trinajstić information content (AvgIpc) is 2.66. The number of pyridine rings is 1. The number of carbonyl (C=O) groups excluding carboxylic acids is 2. The third-order valence-electron chi connectivity index (χ3n) is 4.02. The smallest absolute Gasteiger partial charge is 0.270 e. The zero-order valence-corrected chi connectivity index (χ0v) is 14.1. The van der Waals surface area contributed by atoms with Gasteiger partial charge in [0.1, 0.15) is 17.3 Å². The van der Waals surface area contributed by atoms with Gasteiger partial charge in [-0.1, -0.05) is 6.07 Å². The summed E-state index contributed by atoms with van der Waals surface area (Å²) in [7, 11) is 0. The maximum Gasteiger partial charge on any atom is 0.270 e. The van der Waals surface area contributed by atoms with Gasteiger partial charge < -0.3 is 15.1 Å². The summed E-state index contributed by atoms with van der Waals surface area (Å²) in [5.41, 5.74) is 1.26. The van der Waals surface area contributed by atoms with Crippen LogP contribution in [0.3, 0.4) is 0 Å². The monoisotopic (exact) mass is 340 g/mol. The van der Waals surface area contributed by atoms with Crippen LogP contribution in [-0.2, 0) is 11.3 Å². The van der Waals surface area contributed by atoms with E-state index in [2.05, 4.69) is 25.2 Å². The van der Waals surface area contributed by atoms with E-state index in [1.807, 2.05) is 12.1 Å². The predicted molar refractivity (Wildman–Crippen MR) is 92.0 cm³/mol. The van der Waals surface area contributed by atoms with Crippen molar-refractivity contribution < 1.29 is 9.59 Å². The first kappa shape index (κ1) is 16.8. The minimum atomic E-state index is -0.248. The van der Waals surface area contributed by atoms with Crippen LogP contribution in [-0.4, -0.2) is 58.3 Å². The first-order chi connectivity index (χ1) is 12.2. The van der Waals surface area contributed by atoms with Crippen LogP contribution in [0.2, 0.25) is 0 Å². The molecule has 1 saturated heterocycles. The maximum atomic E-state index is 12.4. The van der Waals surface area contributed by atoms with Crippen molar-refractivity contribution in [3.05, 3.63) is 47.7 Å². The van der Waals surface area contributed by atoms with Crippen molar-refractivity contribution in [2.45, 2.75) is 13.5 Å². The normalized spacial score (nSPS) is 14.3. The Balaban J connectivity index is 1.68. The molecule has 1 aliphatic rings. The van der Waals surface area contributed by atoms with Crippen LogP contribution in [0.1, 0.15) is 21.9 Å². The van der Waals surface area contributed by atoms with E-state index in [0.29, 0.717) is 50.1 Å². The molecule has 8 heteroatoms. The summed E-state index contributed by atoms with van der Waals surface area (Å²) in [5, 5.41) is 2.85. The molecular formula is C17H20N6O2. The van der Waals surface area contributed by atoms with Gasteiger partial charge >= 0.3 is 0 Å². The van der Waals surface area contributed by atoms with Crippen molar-refractivity contribution in [1.29, 1.82) is 0 Å². The van der Waals surface area contributed by atoms with Crippen molar-refractivity contribution >= 4 is 18.1 Å². The lowest BCUT2D eigenvalue weighted by Gasteiger charge is -2.33. The van der Waals surface area contributed by atoms with Gasteiger partial charge in [-0.05, 0) is 18.6 Å². The Kier molecular flexibility index (Phi) is 5.17. The van der Waals surface area contributed by atoms with Gasteiger partial charge in [0.05, 0.1) is 0 Å². The number of nitrogens with zero attached hydrogens (tertiary/aromatic N) is 5. The SMILES string of the molecule is Cc1nc(C(=O)NCc2cccnc2)cc(N2CCN(C=O)CC2)n1. The van der Waals surface area contributed by atoms with Crippen LogP contribution in [0.15, 0.2) is 30.6 Å². The van der Waals surface area contributed by atoms with E-state index in [4.69, 9.17) is 0 Å². The van der Waals surface area contributed by atoms with Crippen molar-refractivity contribution in [1.82, 2.24) is 25.2 Å². The number of anilines is 1. The summed E-state index contributed by atoms with van der Waals surface area (Å²) in [6.07, 6.45) is 4.26. The van der Waals surface area contributed by atoms with Gasteiger partial charge in [-0.3, -0.25) is 14.6 Å². The van der Waals surface area contributed by atoms with E-state index in [1.165, 1.54) is 0 Å². The molecule has 0 bridgehead atoms. The molecule has 1 N–H and O–H groups in total. The number of piperazine rings is 1. The minimum Gasteiger partial charge on any atom is -0.353 e. The first-order valence-electron chi connectivity index (χ1n) is 8.13. The number of aromatic nitrogens is 3. The molecule has 0 atom stereocenters. The quantitative estimate of drug-likeness (QED) is 0.792. The third kappa shape index (κ3) is 4.28.